The molecule has 1 atom stereocenters. The van der Waals surface area contributed by atoms with Gasteiger partial charge in [-0.1, -0.05) is 12.1 Å². The maximum atomic E-state index is 13.7. The van der Waals surface area contributed by atoms with Crippen molar-refractivity contribution in [2.75, 3.05) is 34.4 Å². The van der Waals surface area contributed by atoms with Crippen LogP contribution in [0.15, 0.2) is 51.9 Å². The molecule has 8 heteroatoms. The minimum Gasteiger partial charge on any atom is -0.496 e. The van der Waals surface area contributed by atoms with Crippen molar-refractivity contribution in [1.82, 2.24) is 14.4 Å². The predicted molar refractivity (Wildman–Crippen MR) is 133 cm³/mol. The van der Waals surface area contributed by atoms with Crippen molar-refractivity contribution in [3.8, 4) is 11.5 Å². The number of aromatic nitrogens is 1. The fourth-order valence-electron chi connectivity index (χ4n) is 4.71. The highest BCUT2D eigenvalue weighted by atomic mass is 16.5. The summed E-state index contributed by atoms with van der Waals surface area (Å²) in [5, 5.41) is 0. The molecule has 0 spiro atoms. The van der Waals surface area contributed by atoms with E-state index >= 15 is 0 Å². The number of pyridine rings is 1. The van der Waals surface area contributed by atoms with E-state index in [-0.39, 0.29) is 17.5 Å². The number of furan rings is 1. The van der Waals surface area contributed by atoms with Crippen molar-refractivity contribution in [1.29, 1.82) is 0 Å². The Kier molecular flexibility index (Phi) is 7.31. The van der Waals surface area contributed by atoms with Gasteiger partial charge in [-0.3, -0.25) is 14.5 Å². The molecule has 0 fully saturated rings. The van der Waals surface area contributed by atoms with E-state index in [4.69, 9.17) is 13.9 Å². The van der Waals surface area contributed by atoms with Crippen LogP contribution >= 0.6 is 0 Å². The number of ether oxygens (including phenoxy) is 2. The number of methoxy groups -OCH3 is 2. The number of carbonyl (C=O) groups excluding carboxylic acids is 1. The van der Waals surface area contributed by atoms with Crippen LogP contribution in [0.2, 0.25) is 0 Å². The number of hydrogen-bond donors (Lipinski definition) is 0. The number of fused-ring (bicyclic) bond motifs is 1. The minimum absolute atomic E-state index is 0.155. The lowest BCUT2D eigenvalue weighted by atomic mass is 10.1. The summed E-state index contributed by atoms with van der Waals surface area (Å²) in [4.78, 5) is 30.6. The number of carbonyl (C=O) groups is 1. The molecule has 3 aromatic rings. The van der Waals surface area contributed by atoms with E-state index in [1.54, 1.807) is 36.0 Å². The molecule has 1 aliphatic rings. The van der Waals surface area contributed by atoms with E-state index in [1.165, 1.54) is 18.7 Å². The topological polar surface area (TPSA) is 77.2 Å². The van der Waals surface area contributed by atoms with Gasteiger partial charge >= 0.3 is 0 Å². The Morgan fingerprint density at radius 1 is 1.11 bits per heavy atom. The summed E-state index contributed by atoms with van der Waals surface area (Å²) in [5.74, 6) is 1.67. The summed E-state index contributed by atoms with van der Waals surface area (Å²) in [6.07, 6.45) is 2.16. The monoisotopic (exact) mass is 479 g/mol. The highest BCUT2D eigenvalue weighted by Gasteiger charge is 2.29. The van der Waals surface area contributed by atoms with Gasteiger partial charge < -0.3 is 23.4 Å². The molecule has 0 aliphatic carbocycles. The third kappa shape index (κ3) is 4.98. The number of nitrogens with zero attached hydrogens (tertiary/aromatic N) is 3. The Bertz CT molecular complexity index is 1250. The predicted octanol–water partition coefficient (Wildman–Crippen LogP) is 3.66. The first-order chi connectivity index (χ1) is 16.8. The first-order valence-corrected chi connectivity index (χ1v) is 11.8. The Balaban J connectivity index is 1.61. The number of amides is 1. The average molecular weight is 480 g/mol. The molecule has 4 rings (SSSR count). The summed E-state index contributed by atoms with van der Waals surface area (Å²) in [6, 6.07) is 11.0. The Hall–Kier alpha value is -3.52. The normalized spacial score (nSPS) is 14.7. The van der Waals surface area contributed by atoms with Crippen molar-refractivity contribution in [2.24, 2.45) is 0 Å². The van der Waals surface area contributed by atoms with Crippen LogP contribution in [0.4, 0.5) is 0 Å². The van der Waals surface area contributed by atoms with E-state index in [9.17, 15) is 9.59 Å². The summed E-state index contributed by atoms with van der Waals surface area (Å²) in [5.41, 5.74) is 3.27. The van der Waals surface area contributed by atoms with Crippen LogP contribution in [0, 0.1) is 6.92 Å². The standard InChI is InChI=1S/C27H33N3O5/c1-18-15-20(8-9-22(18)33-4)17-29-11-10-21-26(24(34-5)16-25(31)30(21)13-12-29)27(32)28(3)19(2)23-7-6-14-35-23/h6-9,14-16,19H,10-13,17H2,1-5H3. The second-order valence-electron chi connectivity index (χ2n) is 8.96. The van der Waals surface area contributed by atoms with E-state index < -0.39 is 0 Å². The lowest BCUT2D eigenvalue weighted by Gasteiger charge is -2.26. The zero-order valence-electron chi connectivity index (χ0n) is 21.0. The molecular weight excluding hydrogens is 446 g/mol. The molecule has 0 bridgehead atoms. The second kappa shape index (κ2) is 10.4. The Labute approximate surface area is 205 Å². The van der Waals surface area contributed by atoms with Crippen molar-refractivity contribution in [3.05, 3.63) is 81.2 Å². The molecule has 3 heterocycles. The van der Waals surface area contributed by atoms with Crippen LogP contribution in [-0.2, 0) is 19.5 Å². The van der Waals surface area contributed by atoms with Gasteiger partial charge in [-0.05, 0) is 43.2 Å². The van der Waals surface area contributed by atoms with Gasteiger partial charge in [0.25, 0.3) is 11.5 Å². The van der Waals surface area contributed by atoms with Crippen molar-refractivity contribution in [3.63, 3.8) is 0 Å². The van der Waals surface area contributed by atoms with Gasteiger partial charge in [0.2, 0.25) is 0 Å². The van der Waals surface area contributed by atoms with Crippen LogP contribution in [0.1, 0.15) is 45.9 Å². The Morgan fingerprint density at radius 2 is 1.89 bits per heavy atom. The van der Waals surface area contributed by atoms with Gasteiger partial charge in [0.1, 0.15) is 22.8 Å². The summed E-state index contributed by atoms with van der Waals surface area (Å²) < 4.78 is 18.1. The first kappa shape index (κ1) is 24.6. The highest BCUT2D eigenvalue weighted by molar-refractivity contribution is 5.98. The van der Waals surface area contributed by atoms with Crippen LogP contribution in [0.5, 0.6) is 11.5 Å². The number of aryl methyl sites for hydroxylation is 1. The van der Waals surface area contributed by atoms with Crippen LogP contribution < -0.4 is 15.0 Å². The largest absolute Gasteiger partial charge is 0.496 e. The van der Waals surface area contributed by atoms with Crippen LogP contribution in [-0.4, -0.2) is 54.6 Å². The zero-order chi connectivity index (χ0) is 25.1. The number of hydrogen-bond acceptors (Lipinski definition) is 6. The summed E-state index contributed by atoms with van der Waals surface area (Å²) >= 11 is 0. The lowest BCUT2D eigenvalue weighted by molar-refractivity contribution is 0.0720. The van der Waals surface area contributed by atoms with Gasteiger partial charge in [0.05, 0.1) is 26.5 Å². The molecule has 35 heavy (non-hydrogen) atoms. The third-order valence-electron chi connectivity index (χ3n) is 6.84. The van der Waals surface area contributed by atoms with E-state index in [2.05, 4.69) is 17.0 Å². The van der Waals surface area contributed by atoms with Crippen molar-refractivity contribution in [2.45, 2.75) is 39.4 Å². The smallest absolute Gasteiger partial charge is 0.259 e. The van der Waals surface area contributed by atoms with Crippen LogP contribution in [0.3, 0.4) is 0 Å². The lowest BCUT2D eigenvalue weighted by Crippen LogP contribution is -2.34. The molecule has 1 aliphatic heterocycles. The molecule has 1 amide bonds. The molecule has 0 saturated heterocycles. The van der Waals surface area contributed by atoms with Crippen LogP contribution in [0.25, 0.3) is 0 Å². The number of rotatable bonds is 7. The second-order valence-corrected chi connectivity index (χ2v) is 8.96. The van der Waals surface area contributed by atoms with E-state index in [0.29, 0.717) is 42.3 Å². The first-order valence-electron chi connectivity index (χ1n) is 11.8. The highest BCUT2D eigenvalue weighted by Crippen LogP contribution is 2.28. The van der Waals surface area contributed by atoms with Gasteiger partial charge in [0.15, 0.2) is 0 Å². The minimum atomic E-state index is -0.268. The van der Waals surface area contributed by atoms with E-state index in [1.807, 2.05) is 26.0 Å². The average Bonchev–Trinajstić information content (AvgIpc) is 3.31. The summed E-state index contributed by atoms with van der Waals surface area (Å²) in [6.45, 7) is 6.63. The van der Waals surface area contributed by atoms with Gasteiger partial charge in [-0.2, -0.15) is 0 Å². The molecule has 0 N–H and O–H groups in total. The fourth-order valence-corrected chi connectivity index (χ4v) is 4.71. The maximum Gasteiger partial charge on any atom is 0.259 e. The maximum absolute atomic E-state index is 13.7. The molecule has 1 aromatic carbocycles. The molecule has 0 radical (unpaired) electrons. The van der Waals surface area contributed by atoms with Crippen molar-refractivity contribution >= 4 is 5.91 Å². The Morgan fingerprint density at radius 3 is 2.54 bits per heavy atom. The summed E-state index contributed by atoms with van der Waals surface area (Å²) in [7, 11) is 4.91. The molecule has 2 aromatic heterocycles. The van der Waals surface area contributed by atoms with Gasteiger partial charge in [-0.25, -0.2) is 0 Å². The molecule has 186 valence electrons. The molecule has 8 nitrogen and oxygen atoms in total. The molecular formula is C27H33N3O5. The van der Waals surface area contributed by atoms with Crippen molar-refractivity contribution < 1.29 is 18.7 Å². The van der Waals surface area contributed by atoms with E-state index in [0.717, 1.165) is 24.4 Å². The van der Waals surface area contributed by atoms with Gasteiger partial charge in [-0.15, -0.1) is 0 Å². The zero-order valence-corrected chi connectivity index (χ0v) is 21.0. The number of benzene rings is 1. The molecule has 0 saturated carbocycles. The fraction of sp³-hybridized carbons (Fsp3) is 0.407. The quantitative estimate of drug-likeness (QED) is 0.515. The SMILES string of the molecule is COc1ccc(CN2CCc3c(C(=O)N(C)C(C)c4ccco4)c(OC)cc(=O)n3CC2)cc1C. The van der Waals surface area contributed by atoms with Gasteiger partial charge in [0, 0.05) is 51.4 Å². The third-order valence-corrected chi connectivity index (χ3v) is 6.84. The molecule has 1 unspecified atom stereocenters.